The van der Waals surface area contributed by atoms with Crippen LogP contribution in [0.5, 0.6) is 0 Å². The number of rotatable bonds is 39. The highest BCUT2D eigenvalue weighted by atomic mass is 16.5. The van der Waals surface area contributed by atoms with Crippen LogP contribution in [0.25, 0.3) is 0 Å². The van der Waals surface area contributed by atoms with Crippen molar-refractivity contribution in [3.05, 3.63) is 0 Å². The van der Waals surface area contributed by atoms with Gasteiger partial charge in [-0.2, -0.15) is 0 Å². The Kier molecular flexibility index (Phi) is 33.4. The summed E-state index contributed by atoms with van der Waals surface area (Å²) in [7, 11) is 0. The molecule has 0 saturated heterocycles. The molecule has 0 aliphatic carbocycles. The van der Waals surface area contributed by atoms with E-state index in [-0.39, 0.29) is 81.9 Å². The molecule has 0 saturated carbocycles. The first-order valence-electron chi connectivity index (χ1n) is 19.0. The summed E-state index contributed by atoms with van der Waals surface area (Å²) < 4.78 is 21.2. The largest absolute Gasteiger partial charge is 0.481 e. The number of hydrogen-bond donors (Lipinski definition) is 4. The number of ketones is 2. The molecule has 0 unspecified atom stereocenters. The summed E-state index contributed by atoms with van der Waals surface area (Å²) in [6.45, 7) is 4.01. The number of aliphatic carboxylic acids is 2. The van der Waals surface area contributed by atoms with E-state index >= 15 is 0 Å². The van der Waals surface area contributed by atoms with Crippen LogP contribution in [0.15, 0.2) is 0 Å². The van der Waals surface area contributed by atoms with Crippen LogP contribution >= 0.6 is 0 Å². The molecular weight excluding hydrogens is 664 g/mol. The van der Waals surface area contributed by atoms with Gasteiger partial charge in [0, 0.05) is 45.3 Å². The van der Waals surface area contributed by atoms with E-state index < -0.39 is 18.0 Å². The number of Topliss-reactive ketones (excluding diaryl/α,β-unsaturated/α-hetero) is 2. The van der Waals surface area contributed by atoms with Gasteiger partial charge in [-0.05, 0) is 32.1 Å². The zero-order valence-electron chi connectivity index (χ0n) is 31.1. The topological polar surface area (TPSA) is 204 Å². The Morgan fingerprint density at radius 2 is 1.04 bits per heavy atom. The van der Waals surface area contributed by atoms with Crippen molar-refractivity contribution in [2.45, 2.75) is 141 Å². The van der Waals surface area contributed by atoms with Crippen LogP contribution in [0, 0.1) is 0 Å². The Morgan fingerprint density at radius 3 is 1.61 bits per heavy atom. The number of hydrogen-bond acceptors (Lipinski definition) is 10. The lowest BCUT2D eigenvalue weighted by Gasteiger charge is -2.14. The molecule has 0 aliphatic rings. The maximum Gasteiger partial charge on any atom is 0.326 e. The van der Waals surface area contributed by atoms with E-state index in [9.17, 15) is 33.9 Å². The molecule has 0 spiro atoms. The zero-order valence-corrected chi connectivity index (χ0v) is 31.1. The fourth-order valence-corrected chi connectivity index (χ4v) is 5.11. The number of carboxylic acids is 2. The van der Waals surface area contributed by atoms with Crippen molar-refractivity contribution in [1.29, 1.82) is 0 Å². The van der Waals surface area contributed by atoms with Crippen molar-refractivity contribution in [3.8, 4) is 0 Å². The smallest absolute Gasteiger partial charge is 0.326 e. The molecule has 0 rings (SSSR count). The zero-order chi connectivity index (χ0) is 37.8. The van der Waals surface area contributed by atoms with Crippen LogP contribution in [-0.4, -0.2) is 111 Å². The summed E-state index contributed by atoms with van der Waals surface area (Å²) in [6.07, 6.45) is 15.1. The summed E-state index contributed by atoms with van der Waals surface area (Å²) in [5.74, 6) is -2.49. The van der Waals surface area contributed by atoms with E-state index in [1.807, 2.05) is 6.92 Å². The van der Waals surface area contributed by atoms with E-state index in [1.165, 1.54) is 19.3 Å². The first kappa shape index (κ1) is 48.1. The second-order valence-corrected chi connectivity index (χ2v) is 12.7. The quantitative estimate of drug-likeness (QED) is 0.0631. The van der Waals surface area contributed by atoms with Crippen LogP contribution in [0.4, 0.5) is 0 Å². The average Bonchev–Trinajstić information content (AvgIpc) is 3.08. The molecule has 2 amide bonds. The number of carbonyl (C=O) groups is 6. The first-order valence-corrected chi connectivity index (χ1v) is 19.0. The third-order valence-electron chi connectivity index (χ3n) is 7.97. The Morgan fingerprint density at radius 1 is 0.510 bits per heavy atom. The fraction of sp³-hybridized carbons (Fsp3) is 0.838. The summed E-state index contributed by atoms with van der Waals surface area (Å²) in [5, 5.41) is 23.3. The minimum atomic E-state index is -1.15. The average molecular weight is 731 g/mol. The van der Waals surface area contributed by atoms with Crippen LogP contribution in [0.1, 0.15) is 135 Å². The molecule has 0 aliphatic heterocycles. The summed E-state index contributed by atoms with van der Waals surface area (Å²) in [6, 6.07) is -1.09. The second kappa shape index (κ2) is 35.5. The number of carboxylic acid groups (broad SMARTS) is 2. The summed E-state index contributed by atoms with van der Waals surface area (Å²) in [4.78, 5) is 69.7. The molecule has 0 radical (unpaired) electrons. The SMILES string of the molecule is CCCC(=O)COCCOCCNC(=O)COCCOCCCC(=O)CC[C@H](NC(=O)CCCCCCCCCCCCCCC(=O)O)C(=O)O. The van der Waals surface area contributed by atoms with E-state index in [1.54, 1.807) is 0 Å². The van der Waals surface area contributed by atoms with Crippen LogP contribution < -0.4 is 10.6 Å². The Bertz CT molecular complexity index is 947. The second-order valence-electron chi connectivity index (χ2n) is 12.7. The third-order valence-corrected chi connectivity index (χ3v) is 7.97. The molecule has 0 aromatic rings. The molecule has 51 heavy (non-hydrogen) atoms. The number of unbranched alkanes of at least 4 members (excludes halogenated alkanes) is 11. The maximum absolute atomic E-state index is 12.3. The predicted molar refractivity (Wildman–Crippen MR) is 192 cm³/mol. The maximum atomic E-state index is 12.3. The van der Waals surface area contributed by atoms with Crippen LogP contribution in [-0.2, 0) is 47.7 Å². The Hall–Kier alpha value is -2.94. The fourth-order valence-electron chi connectivity index (χ4n) is 5.11. The molecule has 0 bridgehead atoms. The standard InChI is InChI=1S/C37H66N2O12/c1-2-16-32(41)29-50-27-26-49-24-22-38-35(43)30-51-28-25-48-23-15-17-31(40)20-21-33(37(46)47)39-34(42)18-13-11-9-7-5-3-4-6-8-10-12-14-19-36(44)45/h33H,2-30H2,1H3,(H,38,43)(H,39,42)(H,44,45)(H,46,47)/t33-/m0/s1. The van der Waals surface area contributed by atoms with Gasteiger partial charge >= 0.3 is 11.9 Å². The van der Waals surface area contributed by atoms with Gasteiger partial charge in [0.2, 0.25) is 11.8 Å². The number of nitrogens with one attached hydrogen (secondary N) is 2. The van der Waals surface area contributed by atoms with Gasteiger partial charge in [-0.3, -0.25) is 24.0 Å². The number of amides is 2. The van der Waals surface area contributed by atoms with Crippen molar-refractivity contribution >= 4 is 35.3 Å². The van der Waals surface area contributed by atoms with Gasteiger partial charge in [-0.1, -0.05) is 71.1 Å². The van der Waals surface area contributed by atoms with Crippen molar-refractivity contribution in [2.24, 2.45) is 0 Å². The van der Waals surface area contributed by atoms with Gasteiger partial charge < -0.3 is 39.8 Å². The summed E-state index contributed by atoms with van der Waals surface area (Å²) >= 11 is 0. The van der Waals surface area contributed by atoms with E-state index in [0.29, 0.717) is 52.2 Å². The molecule has 1 atom stereocenters. The lowest BCUT2D eigenvalue weighted by atomic mass is 10.0. The minimum Gasteiger partial charge on any atom is -0.481 e. The highest BCUT2D eigenvalue weighted by Gasteiger charge is 2.20. The molecular formula is C37H66N2O12. The monoisotopic (exact) mass is 730 g/mol. The molecule has 0 aromatic heterocycles. The molecule has 0 heterocycles. The molecule has 14 nitrogen and oxygen atoms in total. The summed E-state index contributed by atoms with van der Waals surface area (Å²) in [5.41, 5.74) is 0. The minimum absolute atomic E-state index is 0.0425. The first-order chi connectivity index (χ1) is 24.6. The molecule has 0 aromatic carbocycles. The van der Waals surface area contributed by atoms with Gasteiger partial charge in [0.25, 0.3) is 0 Å². The Labute approximate surface area is 304 Å². The molecule has 14 heteroatoms. The highest BCUT2D eigenvalue weighted by Crippen LogP contribution is 2.13. The lowest BCUT2D eigenvalue weighted by molar-refractivity contribution is -0.142. The van der Waals surface area contributed by atoms with E-state index in [2.05, 4.69) is 10.6 Å². The third kappa shape index (κ3) is 35.3. The van der Waals surface area contributed by atoms with Crippen molar-refractivity contribution < 1.29 is 57.9 Å². The van der Waals surface area contributed by atoms with Crippen molar-refractivity contribution in [3.63, 3.8) is 0 Å². The van der Waals surface area contributed by atoms with Gasteiger partial charge in [-0.25, -0.2) is 4.79 Å². The lowest BCUT2D eigenvalue weighted by Crippen LogP contribution is -2.41. The van der Waals surface area contributed by atoms with Gasteiger partial charge in [-0.15, -0.1) is 0 Å². The van der Waals surface area contributed by atoms with Gasteiger partial charge in [0.1, 0.15) is 25.0 Å². The normalized spacial score (nSPS) is 11.6. The van der Waals surface area contributed by atoms with E-state index in [4.69, 9.17) is 24.1 Å². The van der Waals surface area contributed by atoms with Gasteiger partial charge in [0.05, 0.1) is 33.0 Å². The Balaban J connectivity index is 3.67. The number of ether oxygens (including phenoxy) is 4. The van der Waals surface area contributed by atoms with Crippen LogP contribution in [0.2, 0.25) is 0 Å². The molecule has 296 valence electrons. The van der Waals surface area contributed by atoms with E-state index in [0.717, 1.165) is 57.8 Å². The predicted octanol–water partition coefficient (Wildman–Crippen LogP) is 4.78. The molecule has 0 fully saturated rings. The number of carbonyl (C=O) groups excluding carboxylic acids is 4. The molecule has 4 N–H and O–H groups in total. The van der Waals surface area contributed by atoms with Crippen molar-refractivity contribution in [2.75, 3.05) is 59.4 Å². The van der Waals surface area contributed by atoms with Crippen molar-refractivity contribution in [1.82, 2.24) is 10.6 Å². The van der Waals surface area contributed by atoms with Gasteiger partial charge in [0.15, 0.2) is 5.78 Å². The highest BCUT2D eigenvalue weighted by molar-refractivity contribution is 5.84. The van der Waals surface area contributed by atoms with Crippen LogP contribution in [0.3, 0.4) is 0 Å².